The van der Waals surface area contributed by atoms with Crippen molar-refractivity contribution in [1.29, 1.82) is 0 Å². The quantitative estimate of drug-likeness (QED) is 0.0261. The summed E-state index contributed by atoms with van der Waals surface area (Å²) in [6, 6.07) is 0. The Hall–Kier alpha value is -1.85. The number of hydrogen-bond acceptors (Lipinski definition) is 6. The molecule has 0 fully saturated rings. The Kier molecular flexibility index (Phi) is 69.0. The molecule has 0 saturated heterocycles. The van der Waals surface area contributed by atoms with Gasteiger partial charge in [-0.15, -0.1) is 0 Å². The zero-order valence-electron chi connectivity index (χ0n) is 55.4. The topological polar surface area (TPSA) is 78.9 Å². The Morgan fingerprint density at radius 2 is 0.407 bits per heavy atom. The summed E-state index contributed by atoms with van der Waals surface area (Å²) in [5.74, 6) is -0.837. The van der Waals surface area contributed by atoms with Crippen LogP contribution < -0.4 is 0 Å². The van der Waals surface area contributed by atoms with Crippen LogP contribution in [0.15, 0.2) is 12.2 Å². The number of hydrogen-bond donors (Lipinski definition) is 0. The van der Waals surface area contributed by atoms with Crippen molar-refractivity contribution in [3.8, 4) is 0 Å². The lowest BCUT2D eigenvalue weighted by Crippen LogP contribution is -2.30. The van der Waals surface area contributed by atoms with E-state index in [9.17, 15) is 14.4 Å². The van der Waals surface area contributed by atoms with Crippen LogP contribution in [0.4, 0.5) is 0 Å². The number of carbonyl (C=O) groups excluding carboxylic acids is 3. The molecule has 0 N–H and O–H groups in total. The van der Waals surface area contributed by atoms with Gasteiger partial charge in [-0.2, -0.15) is 0 Å². The molecular formula is C75H144O6. The average molecular weight is 1140 g/mol. The molecule has 0 amide bonds. The highest BCUT2D eigenvalue weighted by Gasteiger charge is 2.20. The second-order valence-electron chi connectivity index (χ2n) is 25.6. The molecular weight excluding hydrogens is 997 g/mol. The van der Waals surface area contributed by atoms with E-state index in [-0.39, 0.29) is 31.1 Å². The highest BCUT2D eigenvalue weighted by atomic mass is 16.6. The van der Waals surface area contributed by atoms with E-state index in [4.69, 9.17) is 14.2 Å². The predicted octanol–water partition coefficient (Wildman–Crippen LogP) is 25.6. The van der Waals surface area contributed by atoms with Crippen LogP contribution in [0.5, 0.6) is 0 Å². The van der Waals surface area contributed by atoms with E-state index < -0.39 is 6.10 Å². The van der Waals surface area contributed by atoms with Gasteiger partial charge in [0.1, 0.15) is 13.2 Å². The molecule has 0 bridgehead atoms. The van der Waals surface area contributed by atoms with Gasteiger partial charge in [0, 0.05) is 19.3 Å². The molecule has 0 aromatic carbocycles. The van der Waals surface area contributed by atoms with Gasteiger partial charge in [-0.3, -0.25) is 14.4 Å². The fourth-order valence-electron chi connectivity index (χ4n) is 11.7. The first-order valence-corrected chi connectivity index (χ1v) is 37.2. The normalized spacial score (nSPS) is 12.0. The largest absolute Gasteiger partial charge is 0.462 e. The molecule has 6 nitrogen and oxygen atoms in total. The monoisotopic (exact) mass is 1140 g/mol. The molecule has 0 rings (SSSR count). The number of rotatable bonds is 70. The highest BCUT2D eigenvalue weighted by Crippen LogP contribution is 2.20. The van der Waals surface area contributed by atoms with E-state index in [1.807, 2.05) is 0 Å². The maximum atomic E-state index is 13.0. The molecule has 0 radical (unpaired) electrons. The first-order valence-electron chi connectivity index (χ1n) is 37.2. The lowest BCUT2D eigenvalue weighted by Gasteiger charge is -2.18. The zero-order chi connectivity index (χ0) is 58.5. The van der Waals surface area contributed by atoms with Crippen LogP contribution in [0.1, 0.15) is 432 Å². The molecule has 0 aliphatic rings. The van der Waals surface area contributed by atoms with Gasteiger partial charge >= 0.3 is 17.9 Å². The summed E-state index contributed by atoms with van der Waals surface area (Å²) in [6.45, 7) is 6.73. The van der Waals surface area contributed by atoms with Crippen molar-refractivity contribution in [3.63, 3.8) is 0 Å². The van der Waals surface area contributed by atoms with Gasteiger partial charge in [0.25, 0.3) is 0 Å². The Balaban J connectivity index is 4.16. The molecule has 1 unspecified atom stereocenters. The van der Waals surface area contributed by atoms with E-state index in [1.54, 1.807) is 0 Å². The van der Waals surface area contributed by atoms with Gasteiger partial charge < -0.3 is 14.2 Å². The summed E-state index contributed by atoms with van der Waals surface area (Å²) in [4.78, 5) is 38.5. The van der Waals surface area contributed by atoms with Crippen LogP contribution in [0.25, 0.3) is 0 Å². The van der Waals surface area contributed by atoms with Gasteiger partial charge in [-0.05, 0) is 44.9 Å². The molecule has 0 aliphatic carbocycles. The second-order valence-corrected chi connectivity index (χ2v) is 25.6. The van der Waals surface area contributed by atoms with Crippen molar-refractivity contribution in [2.24, 2.45) is 0 Å². The van der Waals surface area contributed by atoms with E-state index in [0.717, 1.165) is 64.2 Å². The Labute approximate surface area is 507 Å². The van der Waals surface area contributed by atoms with Gasteiger partial charge in [0.2, 0.25) is 0 Å². The van der Waals surface area contributed by atoms with Crippen molar-refractivity contribution in [3.05, 3.63) is 12.2 Å². The van der Waals surface area contributed by atoms with Crippen molar-refractivity contribution < 1.29 is 28.6 Å². The fourth-order valence-corrected chi connectivity index (χ4v) is 11.7. The molecule has 6 heteroatoms. The Morgan fingerprint density at radius 1 is 0.235 bits per heavy atom. The second kappa shape index (κ2) is 70.6. The third-order valence-electron chi connectivity index (χ3n) is 17.3. The first-order chi connectivity index (χ1) is 40.0. The van der Waals surface area contributed by atoms with Crippen molar-refractivity contribution in [2.45, 2.75) is 438 Å². The number of esters is 3. The minimum Gasteiger partial charge on any atom is -0.462 e. The van der Waals surface area contributed by atoms with Crippen LogP contribution in [0, 0.1) is 0 Å². The number of unbranched alkanes of at least 4 members (excludes halogenated alkanes) is 57. The minimum absolute atomic E-state index is 0.0655. The smallest absolute Gasteiger partial charge is 0.306 e. The third-order valence-corrected chi connectivity index (χ3v) is 17.3. The predicted molar refractivity (Wildman–Crippen MR) is 353 cm³/mol. The highest BCUT2D eigenvalue weighted by molar-refractivity contribution is 5.71. The van der Waals surface area contributed by atoms with Crippen molar-refractivity contribution in [1.82, 2.24) is 0 Å². The molecule has 81 heavy (non-hydrogen) atoms. The van der Waals surface area contributed by atoms with E-state index in [2.05, 4.69) is 32.9 Å². The number of allylic oxidation sites excluding steroid dienone is 2. The average Bonchev–Trinajstić information content (AvgIpc) is 3.47. The van der Waals surface area contributed by atoms with E-state index >= 15 is 0 Å². The van der Waals surface area contributed by atoms with Crippen LogP contribution >= 0.6 is 0 Å². The Bertz CT molecular complexity index is 1260. The maximum Gasteiger partial charge on any atom is 0.306 e. The van der Waals surface area contributed by atoms with E-state index in [1.165, 1.54) is 327 Å². The molecule has 0 aromatic rings. The van der Waals surface area contributed by atoms with Gasteiger partial charge in [0.15, 0.2) is 6.10 Å². The van der Waals surface area contributed by atoms with E-state index in [0.29, 0.717) is 19.3 Å². The van der Waals surface area contributed by atoms with Gasteiger partial charge in [-0.1, -0.05) is 380 Å². The van der Waals surface area contributed by atoms with Crippen molar-refractivity contribution >= 4 is 17.9 Å². The summed E-state index contributed by atoms with van der Waals surface area (Å²) in [6.07, 6.45) is 85.5. The minimum atomic E-state index is -0.770. The molecule has 0 saturated carbocycles. The van der Waals surface area contributed by atoms with Crippen LogP contribution in [0.2, 0.25) is 0 Å². The molecule has 480 valence electrons. The Morgan fingerprint density at radius 3 is 0.617 bits per heavy atom. The molecule has 0 aliphatic heterocycles. The molecule has 0 spiro atoms. The van der Waals surface area contributed by atoms with Crippen LogP contribution in [0.3, 0.4) is 0 Å². The summed E-state index contributed by atoms with van der Waals surface area (Å²) in [7, 11) is 0. The van der Waals surface area contributed by atoms with Crippen LogP contribution in [-0.4, -0.2) is 37.2 Å². The lowest BCUT2D eigenvalue weighted by molar-refractivity contribution is -0.167. The van der Waals surface area contributed by atoms with Crippen LogP contribution in [-0.2, 0) is 28.6 Å². The molecule has 0 heterocycles. The maximum absolute atomic E-state index is 13.0. The lowest BCUT2D eigenvalue weighted by atomic mass is 10.0. The zero-order valence-corrected chi connectivity index (χ0v) is 55.4. The van der Waals surface area contributed by atoms with Gasteiger partial charge in [0.05, 0.1) is 0 Å². The summed E-state index contributed by atoms with van der Waals surface area (Å²) < 4.78 is 17.0. The third kappa shape index (κ3) is 68.8. The first kappa shape index (κ1) is 79.2. The van der Waals surface area contributed by atoms with Gasteiger partial charge in [-0.25, -0.2) is 0 Å². The summed E-state index contributed by atoms with van der Waals surface area (Å²) in [5.41, 5.74) is 0. The number of carbonyl (C=O) groups is 3. The molecule has 1 atom stereocenters. The summed E-state index contributed by atoms with van der Waals surface area (Å²) in [5, 5.41) is 0. The SMILES string of the molecule is CCCCCCCC/C=C\CCCCCCCC(=O)OCC(COC(=O)CCCCCCCCCCCCCCCCCCCCCCCCCCCCCCCC)OC(=O)CCCCCCCCCCCCCCCCCCCC. The summed E-state index contributed by atoms with van der Waals surface area (Å²) >= 11 is 0. The van der Waals surface area contributed by atoms with Crippen molar-refractivity contribution in [2.75, 3.05) is 13.2 Å². The molecule has 0 aromatic heterocycles. The standard InChI is InChI=1S/C75H144O6/c1-4-7-10-13-16-19-22-25-28-30-32-33-34-35-36-37-38-39-40-41-42-43-45-47-50-53-56-59-62-65-68-74(77)80-71-72(70-79-73(76)67-64-61-58-55-52-49-46-27-24-21-18-15-12-9-6-3)81-75(78)69-66-63-60-57-54-51-48-44-31-29-26-23-20-17-14-11-8-5-2/h27,46,72H,4-26,28-45,47-71H2,1-3H3/b46-27-. The fraction of sp³-hybridized carbons (Fsp3) is 0.933. The number of ether oxygens (including phenoxy) is 3.